The third-order valence-electron chi connectivity index (χ3n) is 2.51. The maximum Gasteiger partial charge on any atom is 0.418 e. The zero-order valence-corrected chi connectivity index (χ0v) is 9.85. The average molecular weight is 283 g/mol. The highest BCUT2D eigenvalue weighted by Gasteiger charge is 2.34. The Morgan fingerprint density at radius 3 is 2.55 bits per heavy atom. The summed E-state index contributed by atoms with van der Waals surface area (Å²) in [6, 6.07) is 3.15. The lowest BCUT2D eigenvalue weighted by Gasteiger charge is -2.12. The maximum absolute atomic E-state index is 12.9. The molecule has 0 aromatic carbocycles. The zero-order valence-electron chi connectivity index (χ0n) is 9.85. The Balaban J connectivity index is 2.59. The Bertz CT molecular complexity index is 671. The van der Waals surface area contributed by atoms with Crippen LogP contribution in [0.2, 0.25) is 0 Å². The molecule has 0 radical (unpaired) electrons. The van der Waals surface area contributed by atoms with Crippen LogP contribution in [-0.2, 0) is 6.18 Å². The van der Waals surface area contributed by atoms with Crippen molar-refractivity contribution in [1.29, 1.82) is 0 Å². The third-order valence-corrected chi connectivity index (χ3v) is 2.51. The van der Waals surface area contributed by atoms with Gasteiger partial charge in [-0.1, -0.05) is 0 Å². The smallest absolute Gasteiger partial charge is 0.418 e. The normalized spacial score (nSPS) is 11.3. The molecular formula is C12H8F3N3O2. The van der Waals surface area contributed by atoms with E-state index in [1.165, 1.54) is 6.20 Å². The van der Waals surface area contributed by atoms with Gasteiger partial charge in [-0.05, 0) is 18.2 Å². The van der Waals surface area contributed by atoms with Crippen molar-refractivity contribution in [2.45, 2.75) is 6.18 Å². The number of nitrogens with zero attached hydrogens (tertiary/aromatic N) is 2. The van der Waals surface area contributed by atoms with Crippen molar-refractivity contribution in [3.8, 4) is 11.3 Å². The zero-order chi connectivity index (χ0) is 14.9. The van der Waals surface area contributed by atoms with Gasteiger partial charge in [0.25, 0.3) is 0 Å². The predicted molar refractivity (Wildman–Crippen MR) is 63.8 cm³/mol. The number of anilines is 1. The maximum atomic E-state index is 12.9. The van der Waals surface area contributed by atoms with Crippen molar-refractivity contribution in [3.05, 3.63) is 41.9 Å². The van der Waals surface area contributed by atoms with Gasteiger partial charge in [-0.2, -0.15) is 13.2 Å². The highest BCUT2D eigenvalue weighted by Crippen LogP contribution is 2.35. The highest BCUT2D eigenvalue weighted by atomic mass is 19.4. The van der Waals surface area contributed by atoms with E-state index < -0.39 is 23.4 Å². The van der Waals surface area contributed by atoms with Crippen molar-refractivity contribution >= 4 is 11.7 Å². The van der Waals surface area contributed by atoms with Gasteiger partial charge in [0.05, 0.1) is 16.9 Å². The standard InChI is InChI=1S/C12H8F3N3O2/c13-12(14,15)7-2-1-3-17-9(7)6-4-8(16)10(11(19)20)18-5-6/h1-5H,16H2,(H,19,20). The van der Waals surface area contributed by atoms with Crippen LogP contribution in [0.1, 0.15) is 16.1 Å². The van der Waals surface area contributed by atoms with Crippen LogP contribution in [0, 0.1) is 0 Å². The topological polar surface area (TPSA) is 89.1 Å². The molecule has 0 bridgehead atoms. The second-order valence-electron chi connectivity index (χ2n) is 3.86. The van der Waals surface area contributed by atoms with E-state index in [9.17, 15) is 18.0 Å². The van der Waals surface area contributed by atoms with E-state index in [1.54, 1.807) is 0 Å². The number of carboxylic acid groups (broad SMARTS) is 1. The summed E-state index contributed by atoms with van der Waals surface area (Å²) in [6.07, 6.45) is -2.38. The monoisotopic (exact) mass is 283 g/mol. The number of nitrogen functional groups attached to an aromatic ring is 1. The van der Waals surface area contributed by atoms with Gasteiger partial charge in [0, 0.05) is 18.0 Å². The fourth-order valence-electron chi connectivity index (χ4n) is 1.65. The number of halogens is 3. The van der Waals surface area contributed by atoms with Gasteiger partial charge in [0.15, 0.2) is 5.69 Å². The summed E-state index contributed by atoms with van der Waals surface area (Å²) in [5, 5.41) is 8.77. The first-order valence-corrected chi connectivity index (χ1v) is 5.32. The number of rotatable bonds is 2. The van der Waals surface area contributed by atoms with Crippen molar-refractivity contribution in [2.24, 2.45) is 0 Å². The van der Waals surface area contributed by atoms with E-state index in [0.717, 1.165) is 24.4 Å². The fraction of sp³-hybridized carbons (Fsp3) is 0.0833. The summed E-state index contributed by atoms with van der Waals surface area (Å²) in [5.41, 5.74) is 3.53. The summed E-state index contributed by atoms with van der Waals surface area (Å²) in [7, 11) is 0. The number of hydrogen-bond acceptors (Lipinski definition) is 4. The molecule has 0 saturated heterocycles. The minimum absolute atomic E-state index is 0.000394. The molecule has 0 fully saturated rings. The average Bonchev–Trinajstić information content (AvgIpc) is 2.37. The van der Waals surface area contributed by atoms with Gasteiger partial charge < -0.3 is 10.8 Å². The van der Waals surface area contributed by atoms with Crippen LogP contribution >= 0.6 is 0 Å². The predicted octanol–water partition coefficient (Wildman–Crippen LogP) is 2.44. The Kier molecular flexibility index (Phi) is 3.31. The molecule has 2 heterocycles. The number of carbonyl (C=O) groups is 1. The van der Waals surface area contributed by atoms with Gasteiger partial charge >= 0.3 is 12.1 Å². The third kappa shape index (κ3) is 2.53. The van der Waals surface area contributed by atoms with E-state index >= 15 is 0 Å². The lowest BCUT2D eigenvalue weighted by Crippen LogP contribution is -2.09. The van der Waals surface area contributed by atoms with Crippen molar-refractivity contribution in [1.82, 2.24) is 9.97 Å². The van der Waals surface area contributed by atoms with Gasteiger partial charge in [-0.25, -0.2) is 9.78 Å². The van der Waals surface area contributed by atoms with Crippen LogP contribution in [0.25, 0.3) is 11.3 Å². The van der Waals surface area contributed by atoms with Crippen molar-refractivity contribution in [2.75, 3.05) is 5.73 Å². The molecule has 8 heteroatoms. The Morgan fingerprint density at radius 2 is 2.00 bits per heavy atom. The fourth-order valence-corrected chi connectivity index (χ4v) is 1.65. The largest absolute Gasteiger partial charge is 0.476 e. The van der Waals surface area contributed by atoms with Crippen molar-refractivity contribution in [3.63, 3.8) is 0 Å². The second-order valence-corrected chi connectivity index (χ2v) is 3.86. The minimum atomic E-state index is -4.58. The first-order valence-electron chi connectivity index (χ1n) is 5.32. The molecule has 0 amide bonds. The molecule has 2 aromatic rings. The number of pyridine rings is 2. The van der Waals surface area contributed by atoms with E-state index in [4.69, 9.17) is 10.8 Å². The van der Waals surface area contributed by atoms with E-state index in [-0.39, 0.29) is 16.9 Å². The van der Waals surface area contributed by atoms with E-state index in [0.29, 0.717) is 0 Å². The number of alkyl halides is 3. The summed E-state index contributed by atoms with van der Waals surface area (Å²) >= 11 is 0. The summed E-state index contributed by atoms with van der Waals surface area (Å²) in [5.74, 6) is -1.36. The minimum Gasteiger partial charge on any atom is -0.476 e. The van der Waals surface area contributed by atoms with E-state index in [1.807, 2.05) is 0 Å². The van der Waals surface area contributed by atoms with Crippen molar-refractivity contribution < 1.29 is 23.1 Å². The molecule has 0 aliphatic rings. The molecule has 3 N–H and O–H groups in total. The summed E-state index contributed by atoms with van der Waals surface area (Å²) < 4.78 is 38.6. The number of nitrogens with two attached hydrogens (primary N) is 1. The van der Waals surface area contributed by atoms with E-state index in [2.05, 4.69) is 9.97 Å². The van der Waals surface area contributed by atoms with Gasteiger partial charge in [0.1, 0.15) is 0 Å². The van der Waals surface area contributed by atoms with Gasteiger partial charge in [-0.15, -0.1) is 0 Å². The van der Waals surface area contributed by atoms with Crippen LogP contribution in [0.4, 0.5) is 18.9 Å². The lowest BCUT2D eigenvalue weighted by molar-refractivity contribution is -0.137. The van der Waals surface area contributed by atoms with Gasteiger partial charge in [0.2, 0.25) is 0 Å². The molecule has 0 aliphatic heterocycles. The molecule has 0 spiro atoms. The van der Waals surface area contributed by atoms with Crippen LogP contribution in [-0.4, -0.2) is 21.0 Å². The number of carboxylic acids is 1. The van der Waals surface area contributed by atoms with Crippen LogP contribution in [0.15, 0.2) is 30.6 Å². The number of aromatic nitrogens is 2. The quantitative estimate of drug-likeness (QED) is 0.883. The molecule has 2 aromatic heterocycles. The Morgan fingerprint density at radius 1 is 1.30 bits per heavy atom. The second kappa shape index (κ2) is 4.80. The SMILES string of the molecule is Nc1cc(-c2ncccc2C(F)(F)F)cnc1C(=O)O. The first kappa shape index (κ1) is 13.8. The molecule has 5 nitrogen and oxygen atoms in total. The first-order chi connectivity index (χ1) is 9.30. The molecular weight excluding hydrogens is 275 g/mol. The Labute approximate surface area is 110 Å². The highest BCUT2D eigenvalue weighted by molar-refractivity contribution is 5.92. The molecule has 0 atom stereocenters. The molecule has 0 unspecified atom stereocenters. The summed E-state index contributed by atoms with van der Waals surface area (Å²) in [6.45, 7) is 0. The number of hydrogen-bond donors (Lipinski definition) is 2. The van der Waals surface area contributed by atoms with Crippen LogP contribution in [0.5, 0.6) is 0 Å². The molecule has 2 rings (SSSR count). The van der Waals surface area contributed by atoms with Crippen LogP contribution in [0.3, 0.4) is 0 Å². The molecule has 0 saturated carbocycles. The number of aromatic carboxylic acids is 1. The molecule has 0 aliphatic carbocycles. The summed E-state index contributed by atoms with van der Waals surface area (Å²) in [4.78, 5) is 18.0. The van der Waals surface area contributed by atoms with Gasteiger partial charge in [-0.3, -0.25) is 4.98 Å². The molecule has 104 valence electrons. The Hall–Kier alpha value is -2.64. The molecule has 20 heavy (non-hydrogen) atoms. The lowest BCUT2D eigenvalue weighted by atomic mass is 10.1. The van der Waals surface area contributed by atoms with Crippen LogP contribution < -0.4 is 5.73 Å².